The van der Waals surface area contributed by atoms with Gasteiger partial charge in [0.1, 0.15) is 24.0 Å². The van der Waals surface area contributed by atoms with Gasteiger partial charge in [-0.3, -0.25) is 4.79 Å². The van der Waals surface area contributed by atoms with Crippen LogP contribution in [0.4, 0.5) is 5.69 Å². The maximum Gasteiger partial charge on any atom is 0.266 e. The number of rotatable bonds is 6. The van der Waals surface area contributed by atoms with E-state index in [1.807, 2.05) is 67.6 Å². The number of ether oxygens (including phenoxy) is 1. The van der Waals surface area contributed by atoms with Crippen LogP contribution in [0.15, 0.2) is 66.2 Å². The summed E-state index contributed by atoms with van der Waals surface area (Å²) in [5, 5.41) is 14.3. The van der Waals surface area contributed by atoms with Gasteiger partial charge in [-0.15, -0.1) is 6.42 Å². The molecule has 0 atom stereocenters. The van der Waals surface area contributed by atoms with Crippen molar-refractivity contribution >= 4 is 28.4 Å². The summed E-state index contributed by atoms with van der Waals surface area (Å²) in [6.07, 6.45) is 7.65. The second kappa shape index (κ2) is 9.26. The zero-order chi connectivity index (χ0) is 20.6. The van der Waals surface area contributed by atoms with Crippen LogP contribution in [0.1, 0.15) is 18.1 Å². The minimum Gasteiger partial charge on any atom is -0.480 e. The second-order valence-electron chi connectivity index (χ2n) is 6.33. The Morgan fingerprint density at radius 1 is 1.14 bits per heavy atom. The van der Waals surface area contributed by atoms with Crippen LogP contribution >= 0.6 is 0 Å². The van der Waals surface area contributed by atoms with E-state index in [-0.39, 0.29) is 12.2 Å². The molecule has 4 nitrogen and oxygen atoms in total. The quantitative estimate of drug-likeness (QED) is 0.373. The van der Waals surface area contributed by atoms with Crippen molar-refractivity contribution in [2.24, 2.45) is 0 Å². The van der Waals surface area contributed by atoms with Crippen LogP contribution in [0.5, 0.6) is 5.75 Å². The topological polar surface area (TPSA) is 62.1 Å². The van der Waals surface area contributed by atoms with Crippen molar-refractivity contribution in [1.29, 1.82) is 5.26 Å². The smallest absolute Gasteiger partial charge is 0.266 e. The van der Waals surface area contributed by atoms with E-state index in [0.717, 1.165) is 22.8 Å². The number of anilines is 1. The largest absolute Gasteiger partial charge is 0.480 e. The maximum atomic E-state index is 12.8. The number of carbonyl (C=O) groups excluding carboxylic acids is 1. The summed E-state index contributed by atoms with van der Waals surface area (Å²) < 4.78 is 5.65. The molecule has 0 saturated heterocycles. The normalized spacial score (nSPS) is 10.8. The highest BCUT2D eigenvalue weighted by atomic mass is 16.5. The molecule has 0 aliphatic carbocycles. The second-order valence-corrected chi connectivity index (χ2v) is 6.33. The first-order valence-electron chi connectivity index (χ1n) is 9.27. The van der Waals surface area contributed by atoms with E-state index < -0.39 is 5.91 Å². The van der Waals surface area contributed by atoms with Crippen LogP contribution in [0, 0.1) is 23.7 Å². The summed E-state index contributed by atoms with van der Waals surface area (Å²) >= 11 is 0. The van der Waals surface area contributed by atoms with Gasteiger partial charge in [-0.2, -0.15) is 5.26 Å². The standard InChI is InChI=1S/C25H20N2O2/c1-3-15-29-24-14-13-19-10-5-7-11-21(19)22(24)16-20(17-26)25(28)27-23-12-8-6-9-18(23)4-2/h1,5-14,16H,4,15H2,2H3,(H,27,28)/b20-16+. The molecule has 3 aromatic carbocycles. The fraction of sp³-hybridized carbons (Fsp3) is 0.120. The molecule has 142 valence electrons. The van der Waals surface area contributed by atoms with Crippen LogP contribution in [0.25, 0.3) is 16.8 Å². The van der Waals surface area contributed by atoms with Crippen LogP contribution in [-0.4, -0.2) is 12.5 Å². The van der Waals surface area contributed by atoms with Gasteiger partial charge in [0.25, 0.3) is 5.91 Å². The molecule has 3 rings (SSSR count). The molecule has 0 radical (unpaired) electrons. The number of aryl methyl sites for hydroxylation is 1. The lowest BCUT2D eigenvalue weighted by atomic mass is 10.0. The van der Waals surface area contributed by atoms with Crippen molar-refractivity contribution in [3.63, 3.8) is 0 Å². The predicted octanol–water partition coefficient (Wildman–Crippen LogP) is 4.96. The minimum atomic E-state index is -0.468. The van der Waals surface area contributed by atoms with Gasteiger partial charge in [-0.05, 0) is 41.0 Å². The third kappa shape index (κ3) is 4.46. The van der Waals surface area contributed by atoms with Gasteiger partial charge in [-0.1, -0.05) is 61.4 Å². The van der Waals surface area contributed by atoms with Crippen molar-refractivity contribution in [3.05, 3.63) is 77.4 Å². The number of hydrogen-bond acceptors (Lipinski definition) is 3. The average molecular weight is 380 g/mol. The lowest BCUT2D eigenvalue weighted by molar-refractivity contribution is -0.112. The Bertz CT molecular complexity index is 1160. The molecule has 3 aromatic rings. The van der Waals surface area contributed by atoms with Gasteiger partial charge in [0.05, 0.1) is 0 Å². The molecule has 0 bridgehead atoms. The molecule has 0 heterocycles. The number of hydrogen-bond donors (Lipinski definition) is 1. The maximum absolute atomic E-state index is 12.8. The van der Waals surface area contributed by atoms with Crippen LogP contribution < -0.4 is 10.1 Å². The van der Waals surface area contributed by atoms with E-state index in [1.54, 1.807) is 12.1 Å². The first-order chi connectivity index (χ1) is 14.2. The van der Waals surface area contributed by atoms with E-state index in [9.17, 15) is 10.1 Å². The Morgan fingerprint density at radius 2 is 1.90 bits per heavy atom. The molecule has 1 N–H and O–H groups in total. The molecule has 0 aliphatic rings. The number of amides is 1. The van der Waals surface area contributed by atoms with E-state index >= 15 is 0 Å². The number of terminal acetylenes is 1. The van der Waals surface area contributed by atoms with Crippen molar-refractivity contribution in [2.45, 2.75) is 13.3 Å². The molecule has 4 heteroatoms. The van der Waals surface area contributed by atoms with Crippen LogP contribution in [-0.2, 0) is 11.2 Å². The molecular formula is C25H20N2O2. The number of nitriles is 1. The monoisotopic (exact) mass is 380 g/mol. The number of nitrogens with one attached hydrogen (secondary N) is 1. The fourth-order valence-corrected chi connectivity index (χ4v) is 3.10. The van der Waals surface area contributed by atoms with Gasteiger partial charge >= 0.3 is 0 Å². The Balaban J connectivity index is 2.04. The summed E-state index contributed by atoms with van der Waals surface area (Å²) in [5.41, 5.74) is 2.33. The van der Waals surface area contributed by atoms with Crippen LogP contribution in [0.3, 0.4) is 0 Å². The van der Waals surface area contributed by atoms with Gasteiger partial charge in [0.15, 0.2) is 0 Å². The molecule has 0 saturated carbocycles. The molecule has 0 spiro atoms. The predicted molar refractivity (Wildman–Crippen MR) is 116 cm³/mol. The van der Waals surface area contributed by atoms with E-state index in [1.165, 1.54) is 0 Å². The summed E-state index contributed by atoms with van der Waals surface area (Å²) in [6, 6.07) is 21.0. The van der Waals surface area contributed by atoms with Crippen molar-refractivity contribution in [2.75, 3.05) is 11.9 Å². The minimum absolute atomic E-state index is 0.0159. The highest BCUT2D eigenvalue weighted by Gasteiger charge is 2.14. The lowest BCUT2D eigenvalue weighted by Gasteiger charge is -2.12. The summed E-state index contributed by atoms with van der Waals surface area (Å²) in [5.74, 6) is 2.50. The Labute approximate surface area is 170 Å². The van der Waals surface area contributed by atoms with Gasteiger partial charge in [0, 0.05) is 11.3 Å². The lowest BCUT2D eigenvalue weighted by Crippen LogP contribution is -2.14. The number of nitrogens with zero attached hydrogens (tertiary/aromatic N) is 1. The fourth-order valence-electron chi connectivity index (χ4n) is 3.10. The highest BCUT2D eigenvalue weighted by molar-refractivity contribution is 6.11. The van der Waals surface area contributed by atoms with E-state index in [2.05, 4.69) is 11.2 Å². The average Bonchev–Trinajstić information content (AvgIpc) is 2.76. The van der Waals surface area contributed by atoms with Gasteiger partial charge in [0.2, 0.25) is 0 Å². The van der Waals surface area contributed by atoms with Crippen molar-refractivity contribution in [1.82, 2.24) is 0 Å². The molecule has 0 fully saturated rings. The summed E-state index contributed by atoms with van der Waals surface area (Å²) in [6.45, 7) is 2.11. The molecule has 0 aromatic heterocycles. The summed E-state index contributed by atoms with van der Waals surface area (Å²) in [4.78, 5) is 12.8. The van der Waals surface area contributed by atoms with Gasteiger partial charge < -0.3 is 10.1 Å². The molecule has 29 heavy (non-hydrogen) atoms. The van der Waals surface area contributed by atoms with Crippen molar-refractivity contribution in [3.8, 4) is 24.2 Å². The third-order valence-corrected chi connectivity index (χ3v) is 4.54. The van der Waals surface area contributed by atoms with Gasteiger partial charge in [-0.25, -0.2) is 0 Å². The zero-order valence-corrected chi connectivity index (χ0v) is 16.1. The first kappa shape index (κ1) is 19.7. The SMILES string of the molecule is C#CCOc1ccc2ccccc2c1/C=C(\C#N)C(=O)Nc1ccccc1CC. The molecule has 0 aliphatic heterocycles. The van der Waals surface area contributed by atoms with E-state index in [4.69, 9.17) is 11.2 Å². The Kier molecular flexibility index (Phi) is 6.30. The van der Waals surface area contributed by atoms with E-state index in [0.29, 0.717) is 17.0 Å². The van der Waals surface area contributed by atoms with Crippen molar-refractivity contribution < 1.29 is 9.53 Å². The third-order valence-electron chi connectivity index (χ3n) is 4.54. The molecule has 0 unspecified atom stereocenters. The zero-order valence-electron chi connectivity index (χ0n) is 16.1. The number of fused-ring (bicyclic) bond motifs is 1. The number of benzene rings is 3. The van der Waals surface area contributed by atoms with Crippen LogP contribution in [0.2, 0.25) is 0 Å². The highest BCUT2D eigenvalue weighted by Crippen LogP contribution is 2.30. The Morgan fingerprint density at radius 3 is 2.66 bits per heavy atom. The number of carbonyl (C=O) groups is 1. The molecular weight excluding hydrogens is 360 g/mol. The first-order valence-corrected chi connectivity index (χ1v) is 9.27. The Hall–Kier alpha value is -4.02. The molecule has 1 amide bonds. The summed E-state index contributed by atoms with van der Waals surface area (Å²) in [7, 11) is 0. The number of para-hydroxylation sites is 1.